The maximum Gasteiger partial charge on any atom is 0.158 e. The van der Waals surface area contributed by atoms with Gasteiger partial charge in [0.25, 0.3) is 0 Å². The van der Waals surface area contributed by atoms with Gasteiger partial charge in [-0.3, -0.25) is 4.79 Å². The Morgan fingerprint density at radius 3 is 2.53 bits per heavy atom. The fourth-order valence-electron chi connectivity index (χ4n) is 3.57. The SMILES string of the molecule is O=C(C(Cl)c1ccccc1)C1CC2CCC1C2. The molecule has 1 nitrogen and oxygen atoms in total. The summed E-state index contributed by atoms with van der Waals surface area (Å²) in [4.78, 5) is 12.4. The normalized spacial score (nSPS) is 32.6. The number of halogens is 1. The molecule has 0 spiro atoms. The van der Waals surface area contributed by atoms with Gasteiger partial charge in [0, 0.05) is 5.92 Å². The first-order valence-electron chi connectivity index (χ1n) is 6.48. The molecule has 1 aromatic rings. The molecule has 0 N–H and O–H groups in total. The molecule has 3 rings (SSSR count). The van der Waals surface area contributed by atoms with Crippen LogP contribution < -0.4 is 0 Å². The van der Waals surface area contributed by atoms with Gasteiger partial charge in [-0.2, -0.15) is 0 Å². The summed E-state index contributed by atoms with van der Waals surface area (Å²) in [6.07, 6.45) is 4.90. The summed E-state index contributed by atoms with van der Waals surface area (Å²) in [7, 11) is 0. The van der Waals surface area contributed by atoms with Gasteiger partial charge in [-0.25, -0.2) is 0 Å². The van der Waals surface area contributed by atoms with Crippen molar-refractivity contribution in [3.8, 4) is 0 Å². The molecule has 0 amide bonds. The second kappa shape index (κ2) is 4.45. The molecule has 1 aromatic carbocycles. The maximum atomic E-state index is 12.4. The summed E-state index contributed by atoms with van der Waals surface area (Å²) in [6, 6.07) is 9.73. The first-order chi connectivity index (χ1) is 8.25. The van der Waals surface area contributed by atoms with Gasteiger partial charge in [-0.15, -0.1) is 11.6 Å². The summed E-state index contributed by atoms with van der Waals surface area (Å²) in [5, 5.41) is -0.444. The maximum absolute atomic E-state index is 12.4. The zero-order chi connectivity index (χ0) is 11.8. The van der Waals surface area contributed by atoms with Crippen LogP contribution in [0.4, 0.5) is 0 Å². The van der Waals surface area contributed by atoms with Crippen LogP contribution in [0.5, 0.6) is 0 Å². The van der Waals surface area contributed by atoms with Crippen molar-refractivity contribution in [3.05, 3.63) is 35.9 Å². The Labute approximate surface area is 107 Å². The van der Waals surface area contributed by atoms with Crippen molar-refractivity contribution in [2.24, 2.45) is 17.8 Å². The van der Waals surface area contributed by atoms with Crippen molar-refractivity contribution in [2.45, 2.75) is 31.1 Å². The number of Topliss-reactive ketones (excluding diaryl/α,β-unsaturated/α-hetero) is 1. The average Bonchev–Trinajstić information content (AvgIpc) is 3.00. The average molecular weight is 249 g/mol. The van der Waals surface area contributed by atoms with Crippen LogP contribution in [0.3, 0.4) is 0 Å². The first-order valence-corrected chi connectivity index (χ1v) is 6.92. The van der Waals surface area contributed by atoms with E-state index in [1.807, 2.05) is 30.3 Å². The van der Waals surface area contributed by atoms with E-state index in [1.165, 1.54) is 19.3 Å². The Kier molecular flexibility index (Phi) is 2.96. The molecule has 0 aromatic heterocycles. The fraction of sp³-hybridized carbons (Fsp3) is 0.533. The summed E-state index contributed by atoms with van der Waals surface area (Å²) in [5.41, 5.74) is 0.946. The lowest BCUT2D eigenvalue weighted by molar-refractivity contribution is -0.124. The second-order valence-electron chi connectivity index (χ2n) is 5.46. The number of hydrogen-bond acceptors (Lipinski definition) is 1. The molecule has 2 saturated carbocycles. The van der Waals surface area contributed by atoms with Crippen LogP contribution in [0.1, 0.15) is 36.6 Å². The highest BCUT2D eigenvalue weighted by Gasteiger charge is 2.44. The Bertz CT molecular complexity index is 414. The van der Waals surface area contributed by atoms with Crippen molar-refractivity contribution in [3.63, 3.8) is 0 Å². The van der Waals surface area contributed by atoms with Gasteiger partial charge in [0.15, 0.2) is 5.78 Å². The number of hydrogen-bond donors (Lipinski definition) is 0. The van der Waals surface area contributed by atoms with Gasteiger partial charge < -0.3 is 0 Å². The number of ketones is 1. The van der Waals surface area contributed by atoms with Crippen LogP contribution >= 0.6 is 11.6 Å². The molecule has 17 heavy (non-hydrogen) atoms. The van der Waals surface area contributed by atoms with Crippen LogP contribution in [0.25, 0.3) is 0 Å². The van der Waals surface area contributed by atoms with E-state index in [4.69, 9.17) is 11.6 Å². The largest absolute Gasteiger partial charge is 0.297 e. The van der Waals surface area contributed by atoms with Crippen LogP contribution in [-0.2, 0) is 4.79 Å². The molecule has 0 aliphatic heterocycles. The Hall–Kier alpha value is -0.820. The lowest BCUT2D eigenvalue weighted by Crippen LogP contribution is -2.24. The van der Waals surface area contributed by atoms with Gasteiger partial charge >= 0.3 is 0 Å². The van der Waals surface area contributed by atoms with Gasteiger partial charge in [0.1, 0.15) is 5.38 Å². The van der Waals surface area contributed by atoms with Crippen LogP contribution in [0.2, 0.25) is 0 Å². The predicted octanol–water partition coefficient (Wildman–Crippen LogP) is 3.97. The van der Waals surface area contributed by atoms with Gasteiger partial charge in [-0.05, 0) is 36.7 Å². The van der Waals surface area contributed by atoms with Crippen molar-refractivity contribution in [1.82, 2.24) is 0 Å². The highest BCUT2D eigenvalue weighted by Crippen LogP contribution is 2.50. The van der Waals surface area contributed by atoms with E-state index in [0.29, 0.717) is 5.92 Å². The number of benzene rings is 1. The molecule has 90 valence electrons. The zero-order valence-corrected chi connectivity index (χ0v) is 10.6. The van der Waals surface area contributed by atoms with E-state index >= 15 is 0 Å². The smallest absolute Gasteiger partial charge is 0.158 e. The number of alkyl halides is 1. The van der Waals surface area contributed by atoms with Gasteiger partial charge in [-0.1, -0.05) is 36.8 Å². The van der Waals surface area contributed by atoms with E-state index in [9.17, 15) is 4.79 Å². The lowest BCUT2D eigenvalue weighted by Gasteiger charge is -2.22. The van der Waals surface area contributed by atoms with E-state index in [0.717, 1.165) is 17.9 Å². The van der Waals surface area contributed by atoms with Gasteiger partial charge in [0.2, 0.25) is 0 Å². The number of carbonyl (C=O) groups excluding carboxylic acids is 1. The summed E-state index contributed by atoms with van der Waals surface area (Å²) in [5.74, 6) is 1.91. The highest BCUT2D eigenvalue weighted by molar-refractivity contribution is 6.31. The van der Waals surface area contributed by atoms with E-state index in [2.05, 4.69) is 0 Å². The molecule has 0 heterocycles. The molecular formula is C15H17ClO. The zero-order valence-electron chi connectivity index (χ0n) is 9.81. The van der Waals surface area contributed by atoms with Gasteiger partial charge in [0.05, 0.1) is 0 Å². The van der Waals surface area contributed by atoms with E-state index in [-0.39, 0.29) is 11.7 Å². The third-order valence-electron chi connectivity index (χ3n) is 4.45. The molecule has 2 aliphatic carbocycles. The standard InChI is InChI=1S/C15H17ClO/c16-14(11-4-2-1-3-5-11)15(17)13-9-10-6-7-12(13)8-10/h1-5,10,12-14H,6-9H2. The lowest BCUT2D eigenvalue weighted by atomic mass is 9.83. The molecule has 4 unspecified atom stereocenters. The Balaban J connectivity index is 1.74. The second-order valence-corrected chi connectivity index (χ2v) is 5.89. The van der Waals surface area contributed by atoms with Crippen LogP contribution in [0, 0.1) is 17.8 Å². The quantitative estimate of drug-likeness (QED) is 0.740. The van der Waals surface area contributed by atoms with E-state index < -0.39 is 5.38 Å². The molecule has 0 saturated heterocycles. The molecule has 2 bridgehead atoms. The fourth-order valence-corrected chi connectivity index (χ4v) is 3.87. The number of fused-ring (bicyclic) bond motifs is 2. The van der Waals surface area contributed by atoms with Crippen molar-refractivity contribution in [1.29, 1.82) is 0 Å². The summed E-state index contributed by atoms with van der Waals surface area (Å²) < 4.78 is 0. The highest BCUT2D eigenvalue weighted by atomic mass is 35.5. The Morgan fingerprint density at radius 2 is 1.94 bits per heavy atom. The third-order valence-corrected chi connectivity index (χ3v) is 4.91. The summed E-state index contributed by atoms with van der Waals surface area (Å²) in [6.45, 7) is 0. The van der Waals surface area contributed by atoms with E-state index in [1.54, 1.807) is 0 Å². The van der Waals surface area contributed by atoms with Crippen molar-refractivity contribution < 1.29 is 4.79 Å². The summed E-state index contributed by atoms with van der Waals surface area (Å²) >= 11 is 6.32. The van der Waals surface area contributed by atoms with Crippen LogP contribution in [0.15, 0.2) is 30.3 Å². The molecule has 0 radical (unpaired) electrons. The molecule has 2 aliphatic rings. The third kappa shape index (κ3) is 2.01. The topological polar surface area (TPSA) is 17.1 Å². The molecule has 2 fully saturated rings. The predicted molar refractivity (Wildman–Crippen MR) is 69.0 cm³/mol. The number of carbonyl (C=O) groups is 1. The molecule has 4 atom stereocenters. The van der Waals surface area contributed by atoms with Crippen molar-refractivity contribution >= 4 is 17.4 Å². The minimum Gasteiger partial charge on any atom is -0.297 e. The molecular weight excluding hydrogens is 232 g/mol. The van der Waals surface area contributed by atoms with Crippen LogP contribution in [-0.4, -0.2) is 5.78 Å². The Morgan fingerprint density at radius 1 is 1.18 bits per heavy atom. The van der Waals surface area contributed by atoms with Crippen molar-refractivity contribution in [2.75, 3.05) is 0 Å². The number of rotatable bonds is 3. The monoisotopic (exact) mass is 248 g/mol. The minimum absolute atomic E-state index is 0.233. The molecule has 2 heteroatoms. The minimum atomic E-state index is -0.444. The first kappa shape index (κ1) is 11.3.